The molecule has 1 N–H and O–H groups in total. The SMILES string of the molecule is CC(C)COc1ccc(C(=O)O[C@@H](C)C(=O)NCCc2ccccc2)cc1. The van der Waals surface area contributed by atoms with Crippen molar-refractivity contribution >= 4 is 11.9 Å². The maximum absolute atomic E-state index is 12.2. The van der Waals surface area contributed by atoms with Gasteiger partial charge in [-0.15, -0.1) is 0 Å². The fourth-order valence-corrected chi connectivity index (χ4v) is 2.35. The number of hydrogen-bond donors (Lipinski definition) is 1. The molecule has 0 aromatic heterocycles. The Morgan fingerprint density at radius 3 is 2.26 bits per heavy atom. The molecule has 0 saturated carbocycles. The molecule has 5 nitrogen and oxygen atoms in total. The van der Waals surface area contributed by atoms with Crippen molar-refractivity contribution in [3.63, 3.8) is 0 Å². The van der Waals surface area contributed by atoms with Crippen LogP contribution in [0.1, 0.15) is 36.7 Å². The number of hydrogen-bond acceptors (Lipinski definition) is 4. The predicted molar refractivity (Wildman–Crippen MR) is 105 cm³/mol. The highest BCUT2D eigenvalue weighted by Gasteiger charge is 2.18. The summed E-state index contributed by atoms with van der Waals surface area (Å²) >= 11 is 0. The molecule has 5 heteroatoms. The quantitative estimate of drug-likeness (QED) is 0.686. The molecule has 0 radical (unpaired) electrons. The molecule has 0 spiro atoms. The van der Waals surface area contributed by atoms with Gasteiger partial charge >= 0.3 is 5.97 Å². The molecule has 2 rings (SSSR count). The Hall–Kier alpha value is -2.82. The van der Waals surface area contributed by atoms with Gasteiger partial charge in [0.2, 0.25) is 0 Å². The summed E-state index contributed by atoms with van der Waals surface area (Å²) < 4.78 is 10.8. The van der Waals surface area contributed by atoms with Crippen LogP contribution in [0.2, 0.25) is 0 Å². The van der Waals surface area contributed by atoms with Crippen LogP contribution in [0, 0.1) is 5.92 Å². The van der Waals surface area contributed by atoms with E-state index in [0.717, 1.165) is 12.0 Å². The van der Waals surface area contributed by atoms with E-state index in [1.807, 2.05) is 30.3 Å². The van der Waals surface area contributed by atoms with E-state index in [1.165, 1.54) is 0 Å². The van der Waals surface area contributed by atoms with Crippen LogP contribution < -0.4 is 10.1 Å². The number of carbonyl (C=O) groups is 2. The van der Waals surface area contributed by atoms with Gasteiger partial charge in [-0.25, -0.2) is 4.79 Å². The van der Waals surface area contributed by atoms with Crippen molar-refractivity contribution in [2.45, 2.75) is 33.3 Å². The zero-order valence-corrected chi connectivity index (χ0v) is 16.1. The fourth-order valence-electron chi connectivity index (χ4n) is 2.35. The second kappa shape index (κ2) is 10.4. The summed E-state index contributed by atoms with van der Waals surface area (Å²) in [4.78, 5) is 24.3. The molecule has 0 unspecified atom stereocenters. The van der Waals surface area contributed by atoms with Crippen molar-refractivity contribution in [1.29, 1.82) is 0 Å². The zero-order chi connectivity index (χ0) is 19.6. The number of carbonyl (C=O) groups excluding carboxylic acids is 2. The van der Waals surface area contributed by atoms with E-state index in [4.69, 9.17) is 9.47 Å². The van der Waals surface area contributed by atoms with Crippen LogP contribution in [0.5, 0.6) is 5.75 Å². The first kappa shape index (κ1) is 20.5. The average molecular weight is 369 g/mol. The summed E-state index contributed by atoms with van der Waals surface area (Å²) in [6.07, 6.45) is -0.129. The van der Waals surface area contributed by atoms with Gasteiger partial charge in [-0.1, -0.05) is 44.2 Å². The van der Waals surface area contributed by atoms with Gasteiger partial charge in [0.1, 0.15) is 5.75 Å². The van der Waals surface area contributed by atoms with Gasteiger partial charge < -0.3 is 14.8 Å². The first-order valence-electron chi connectivity index (χ1n) is 9.21. The van der Waals surface area contributed by atoms with E-state index in [2.05, 4.69) is 19.2 Å². The maximum atomic E-state index is 12.2. The zero-order valence-electron chi connectivity index (χ0n) is 16.1. The van der Waals surface area contributed by atoms with Crippen molar-refractivity contribution < 1.29 is 19.1 Å². The van der Waals surface area contributed by atoms with Gasteiger partial charge in [0.25, 0.3) is 5.91 Å². The Balaban J connectivity index is 1.77. The smallest absolute Gasteiger partial charge is 0.338 e. The number of benzene rings is 2. The monoisotopic (exact) mass is 369 g/mol. The van der Waals surface area contributed by atoms with Gasteiger partial charge in [0.05, 0.1) is 12.2 Å². The topological polar surface area (TPSA) is 64.6 Å². The largest absolute Gasteiger partial charge is 0.493 e. The summed E-state index contributed by atoms with van der Waals surface area (Å²) in [5.74, 6) is 0.287. The third kappa shape index (κ3) is 7.13. The van der Waals surface area contributed by atoms with E-state index in [-0.39, 0.29) is 5.91 Å². The number of rotatable bonds is 9. The van der Waals surface area contributed by atoms with Crippen molar-refractivity contribution in [2.24, 2.45) is 5.92 Å². The lowest BCUT2D eigenvalue weighted by atomic mass is 10.1. The molecule has 2 aromatic carbocycles. The Bertz CT molecular complexity index is 726. The van der Waals surface area contributed by atoms with Gasteiger partial charge in [-0.05, 0) is 49.1 Å². The number of nitrogens with one attached hydrogen (secondary N) is 1. The van der Waals surface area contributed by atoms with Crippen molar-refractivity contribution in [3.05, 3.63) is 65.7 Å². The van der Waals surface area contributed by atoms with Crippen LogP contribution in [-0.2, 0) is 16.0 Å². The summed E-state index contributed by atoms with van der Waals surface area (Å²) in [7, 11) is 0. The lowest BCUT2D eigenvalue weighted by molar-refractivity contribution is -0.129. The molecule has 0 saturated heterocycles. The van der Waals surface area contributed by atoms with Crippen LogP contribution in [0.25, 0.3) is 0 Å². The predicted octanol–water partition coefficient (Wildman–Crippen LogP) is 3.63. The fraction of sp³-hybridized carbons (Fsp3) is 0.364. The minimum atomic E-state index is -0.856. The molecule has 0 aliphatic carbocycles. The molecule has 0 heterocycles. The van der Waals surface area contributed by atoms with Gasteiger partial charge in [0, 0.05) is 6.54 Å². The summed E-state index contributed by atoms with van der Waals surface area (Å²) in [6.45, 7) is 6.81. The molecule has 27 heavy (non-hydrogen) atoms. The van der Waals surface area contributed by atoms with Crippen molar-refractivity contribution in [2.75, 3.05) is 13.2 Å². The highest BCUT2D eigenvalue weighted by Crippen LogP contribution is 2.14. The molecular formula is C22H27NO4. The third-order valence-corrected chi connectivity index (χ3v) is 3.88. The highest BCUT2D eigenvalue weighted by molar-refractivity contribution is 5.92. The molecular weight excluding hydrogens is 342 g/mol. The lowest BCUT2D eigenvalue weighted by Crippen LogP contribution is -2.36. The standard InChI is InChI=1S/C22H27NO4/c1-16(2)15-26-20-11-9-19(10-12-20)22(25)27-17(3)21(24)23-14-13-18-7-5-4-6-8-18/h4-12,16-17H,13-15H2,1-3H3,(H,23,24)/t17-/m0/s1. The molecule has 0 bridgehead atoms. The first-order chi connectivity index (χ1) is 13.0. The summed E-state index contributed by atoms with van der Waals surface area (Å²) in [6, 6.07) is 16.6. The van der Waals surface area contributed by atoms with Crippen molar-refractivity contribution in [3.8, 4) is 5.75 Å². The van der Waals surface area contributed by atoms with Crippen LogP contribution in [0.15, 0.2) is 54.6 Å². The Morgan fingerprint density at radius 1 is 0.963 bits per heavy atom. The lowest BCUT2D eigenvalue weighted by Gasteiger charge is -2.14. The van der Waals surface area contributed by atoms with E-state index in [1.54, 1.807) is 31.2 Å². The minimum absolute atomic E-state index is 0.309. The number of amides is 1. The Labute approximate surface area is 160 Å². The minimum Gasteiger partial charge on any atom is -0.493 e. The van der Waals surface area contributed by atoms with Gasteiger partial charge in [-0.2, -0.15) is 0 Å². The van der Waals surface area contributed by atoms with Crippen LogP contribution >= 0.6 is 0 Å². The highest BCUT2D eigenvalue weighted by atomic mass is 16.5. The summed E-state index contributed by atoms with van der Waals surface area (Å²) in [5.41, 5.74) is 1.53. The Kier molecular flexibility index (Phi) is 7.86. The number of esters is 1. The van der Waals surface area contributed by atoms with Gasteiger partial charge in [-0.3, -0.25) is 4.79 Å². The second-order valence-electron chi connectivity index (χ2n) is 6.80. The molecule has 2 aromatic rings. The molecule has 0 fully saturated rings. The van der Waals surface area contributed by atoms with Crippen LogP contribution in [-0.4, -0.2) is 31.1 Å². The summed E-state index contributed by atoms with van der Waals surface area (Å²) in [5, 5.41) is 2.79. The second-order valence-corrected chi connectivity index (χ2v) is 6.80. The molecule has 0 aliphatic rings. The van der Waals surface area contributed by atoms with Crippen molar-refractivity contribution in [1.82, 2.24) is 5.32 Å². The van der Waals surface area contributed by atoms with Gasteiger partial charge in [0.15, 0.2) is 6.10 Å². The van der Waals surface area contributed by atoms with Crippen LogP contribution in [0.4, 0.5) is 0 Å². The third-order valence-electron chi connectivity index (χ3n) is 3.88. The average Bonchev–Trinajstić information content (AvgIpc) is 2.67. The van der Waals surface area contributed by atoms with E-state index in [9.17, 15) is 9.59 Å². The molecule has 1 atom stereocenters. The molecule has 144 valence electrons. The van der Waals surface area contributed by atoms with E-state index in [0.29, 0.717) is 30.4 Å². The molecule has 1 amide bonds. The first-order valence-corrected chi connectivity index (χ1v) is 9.21. The van der Waals surface area contributed by atoms with E-state index < -0.39 is 12.1 Å². The van der Waals surface area contributed by atoms with Crippen LogP contribution in [0.3, 0.4) is 0 Å². The molecule has 0 aliphatic heterocycles. The number of ether oxygens (including phenoxy) is 2. The normalized spacial score (nSPS) is 11.7. The maximum Gasteiger partial charge on any atom is 0.338 e. The Morgan fingerprint density at radius 2 is 1.63 bits per heavy atom. The van der Waals surface area contributed by atoms with E-state index >= 15 is 0 Å².